The van der Waals surface area contributed by atoms with Gasteiger partial charge in [0, 0.05) is 41.4 Å². The number of rotatable bonds is 5. The van der Waals surface area contributed by atoms with Crippen molar-refractivity contribution in [2.75, 3.05) is 11.4 Å². The molecule has 170 valence electrons. The molecule has 1 N–H and O–H groups in total. The van der Waals surface area contributed by atoms with Gasteiger partial charge >= 0.3 is 0 Å². The van der Waals surface area contributed by atoms with E-state index in [2.05, 4.69) is 22.9 Å². The molecule has 0 unspecified atom stereocenters. The van der Waals surface area contributed by atoms with E-state index in [1.165, 1.54) is 0 Å². The van der Waals surface area contributed by atoms with Gasteiger partial charge < -0.3 is 14.8 Å². The summed E-state index contributed by atoms with van der Waals surface area (Å²) in [6.45, 7) is 3.43. The smallest absolute Gasteiger partial charge is 0.274 e. The highest BCUT2D eigenvalue weighted by Crippen LogP contribution is 2.30. The molecule has 6 heteroatoms. The van der Waals surface area contributed by atoms with E-state index in [1.807, 2.05) is 48.7 Å². The Kier molecular flexibility index (Phi) is 5.95. The van der Waals surface area contributed by atoms with Crippen LogP contribution < -0.4 is 10.2 Å². The zero-order chi connectivity index (χ0) is 23.7. The number of carbonyl (C=O) groups is 2. The molecule has 2 heterocycles. The molecule has 34 heavy (non-hydrogen) atoms. The molecule has 4 aromatic rings. The van der Waals surface area contributed by atoms with E-state index >= 15 is 0 Å². The number of hydrogen-bond acceptors (Lipinski definition) is 2. The molecule has 5 nitrogen and oxygen atoms in total. The molecule has 1 aliphatic rings. The number of nitrogens with one attached hydrogen (secondary N) is 1. The van der Waals surface area contributed by atoms with E-state index in [1.54, 1.807) is 35.2 Å². The fourth-order valence-electron chi connectivity index (χ4n) is 4.49. The number of hydrogen-bond donors (Lipinski definition) is 1. The van der Waals surface area contributed by atoms with Crippen LogP contribution in [0.3, 0.4) is 0 Å². The lowest BCUT2D eigenvalue weighted by Crippen LogP contribution is -2.37. The van der Waals surface area contributed by atoms with Crippen molar-refractivity contribution in [3.8, 4) is 0 Å². The summed E-state index contributed by atoms with van der Waals surface area (Å²) in [5.74, 6) is -0.671. The zero-order valence-electron chi connectivity index (χ0n) is 18.8. The monoisotopic (exact) mass is 469 g/mol. The zero-order valence-corrected chi connectivity index (χ0v) is 19.5. The quantitative estimate of drug-likeness (QED) is 0.382. The predicted octanol–water partition coefficient (Wildman–Crippen LogP) is 5.67. The first-order valence-corrected chi connectivity index (χ1v) is 11.7. The summed E-state index contributed by atoms with van der Waals surface area (Å²) in [5, 5.41) is 4.21. The van der Waals surface area contributed by atoms with Crippen molar-refractivity contribution in [2.45, 2.75) is 19.9 Å². The van der Waals surface area contributed by atoms with Crippen LogP contribution in [0.25, 0.3) is 17.0 Å². The van der Waals surface area contributed by atoms with Crippen molar-refractivity contribution in [2.24, 2.45) is 0 Å². The number of anilines is 1. The van der Waals surface area contributed by atoms with Gasteiger partial charge in [-0.1, -0.05) is 60.1 Å². The summed E-state index contributed by atoms with van der Waals surface area (Å²) in [4.78, 5) is 28.7. The number of halogens is 1. The van der Waals surface area contributed by atoms with E-state index in [-0.39, 0.29) is 11.6 Å². The molecule has 5 rings (SSSR count). The molecule has 0 saturated heterocycles. The van der Waals surface area contributed by atoms with E-state index < -0.39 is 5.91 Å². The predicted molar refractivity (Wildman–Crippen MR) is 137 cm³/mol. The van der Waals surface area contributed by atoms with E-state index in [0.717, 1.165) is 40.7 Å². The van der Waals surface area contributed by atoms with Gasteiger partial charge in [-0.2, -0.15) is 0 Å². The van der Waals surface area contributed by atoms with Crippen molar-refractivity contribution in [3.63, 3.8) is 0 Å². The van der Waals surface area contributed by atoms with Gasteiger partial charge in [-0.15, -0.1) is 0 Å². The van der Waals surface area contributed by atoms with E-state index in [4.69, 9.17) is 11.6 Å². The van der Waals surface area contributed by atoms with Crippen molar-refractivity contribution in [1.82, 2.24) is 9.88 Å². The van der Waals surface area contributed by atoms with Gasteiger partial charge in [0.2, 0.25) is 0 Å². The summed E-state index contributed by atoms with van der Waals surface area (Å²) in [7, 11) is 0. The third-order valence-electron chi connectivity index (χ3n) is 6.19. The summed E-state index contributed by atoms with van der Waals surface area (Å²) in [6, 6.07) is 22.7. The maximum absolute atomic E-state index is 13.8. The second-order valence-corrected chi connectivity index (χ2v) is 8.62. The Morgan fingerprint density at radius 1 is 1.00 bits per heavy atom. The molecule has 0 bridgehead atoms. The largest absolute Gasteiger partial charge is 0.347 e. The topological polar surface area (TPSA) is 54.3 Å². The standard InChI is InChI=1S/C28H24ClN3O2/c1-2-31-18-20(21-10-5-8-14-26(21)31)17-24(30-27(33)22-11-4-6-12-23(22)29)28(34)32-16-15-19-9-3-7-13-25(19)32/h3-14,17-18H,2,15-16H2,1H3,(H,30,33). The molecule has 3 aromatic carbocycles. The fourth-order valence-corrected chi connectivity index (χ4v) is 4.71. The number of benzene rings is 3. The molecule has 0 radical (unpaired) electrons. The highest BCUT2D eigenvalue weighted by molar-refractivity contribution is 6.34. The minimum absolute atomic E-state index is 0.209. The number of fused-ring (bicyclic) bond motifs is 2. The number of aryl methyl sites for hydroxylation is 1. The van der Waals surface area contributed by atoms with Crippen molar-refractivity contribution < 1.29 is 9.59 Å². The number of nitrogens with zero attached hydrogens (tertiary/aromatic N) is 2. The second kappa shape index (κ2) is 9.20. The van der Waals surface area contributed by atoms with Gasteiger partial charge in [0.1, 0.15) is 5.70 Å². The minimum atomic E-state index is -0.420. The first kappa shape index (κ1) is 22.0. The molecular weight excluding hydrogens is 446 g/mol. The van der Waals surface area contributed by atoms with E-state index in [0.29, 0.717) is 17.1 Å². The molecular formula is C28H24ClN3O2. The normalized spacial score (nSPS) is 13.2. The highest BCUT2D eigenvalue weighted by Gasteiger charge is 2.28. The third-order valence-corrected chi connectivity index (χ3v) is 6.52. The van der Waals surface area contributed by atoms with E-state index in [9.17, 15) is 9.59 Å². The first-order valence-electron chi connectivity index (χ1n) is 11.3. The van der Waals surface area contributed by atoms with Crippen LogP contribution in [0.5, 0.6) is 0 Å². The van der Waals surface area contributed by atoms with Crippen LogP contribution in [0.15, 0.2) is 84.7 Å². The Morgan fingerprint density at radius 3 is 2.56 bits per heavy atom. The summed E-state index contributed by atoms with van der Waals surface area (Å²) in [5.41, 5.74) is 4.47. The number of aromatic nitrogens is 1. The Bertz CT molecular complexity index is 1440. The van der Waals surface area contributed by atoms with Crippen LogP contribution in [0.2, 0.25) is 5.02 Å². The third kappa shape index (κ3) is 3.99. The van der Waals surface area contributed by atoms with Crippen molar-refractivity contribution >= 4 is 46.1 Å². The highest BCUT2D eigenvalue weighted by atomic mass is 35.5. The van der Waals surface area contributed by atoms with Gasteiger partial charge in [0.15, 0.2) is 0 Å². The van der Waals surface area contributed by atoms with Crippen molar-refractivity contribution in [3.05, 3.63) is 106 Å². The Morgan fingerprint density at radius 2 is 1.74 bits per heavy atom. The number of carbonyl (C=O) groups excluding carboxylic acids is 2. The molecule has 0 saturated carbocycles. The average molecular weight is 470 g/mol. The molecule has 1 aliphatic heterocycles. The maximum atomic E-state index is 13.8. The summed E-state index contributed by atoms with van der Waals surface area (Å²) < 4.78 is 2.13. The van der Waals surface area contributed by atoms with Crippen LogP contribution in [0.4, 0.5) is 5.69 Å². The molecule has 0 aliphatic carbocycles. The first-order chi connectivity index (χ1) is 16.6. The van der Waals surface area contributed by atoms with Gasteiger partial charge in [0.25, 0.3) is 11.8 Å². The lowest BCUT2D eigenvalue weighted by molar-refractivity contribution is -0.115. The summed E-state index contributed by atoms with van der Waals surface area (Å²) in [6.07, 6.45) is 4.56. The fraction of sp³-hybridized carbons (Fsp3) is 0.143. The molecule has 0 spiro atoms. The van der Waals surface area contributed by atoms with Gasteiger partial charge in [-0.05, 0) is 49.2 Å². The lowest BCUT2D eigenvalue weighted by atomic mass is 10.1. The van der Waals surface area contributed by atoms with Crippen LogP contribution in [0, 0.1) is 0 Å². The van der Waals surface area contributed by atoms with Gasteiger partial charge in [-0.25, -0.2) is 0 Å². The van der Waals surface area contributed by atoms with Crippen LogP contribution in [0.1, 0.15) is 28.4 Å². The Labute approximate surface area is 203 Å². The second-order valence-electron chi connectivity index (χ2n) is 8.22. The molecule has 2 amide bonds. The molecule has 0 fully saturated rings. The average Bonchev–Trinajstić information content (AvgIpc) is 3.45. The summed E-state index contributed by atoms with van der Waals surface area (Å²) >= 11 is 6.26. The van der Waals surface area contributed by atoms with Crippen LogP contribution in [-0.4, -0.2) is 22.9 Å². The Balaban J connectivity index is 1.59. The SMILES string of the molecule is CCn1cc(C=C(NC(=O)c2ccccc2Cl)C(=O)N2CCc3ccccc32)c2ccccc21. The number of para-hydroxylation sites is 2. The molecule has 1 aromatic heterocycles. The van der Waals surface area contributed by atoms with Crippen LogP contribution >= 0.6 is 11.6 Å². The Hall–Kier alpha value is -3.83. The minimum Gasteiger partial charge on any atom is -0.347 e. The van der Waals surface area contributed by atoms with Crippen molar-refractivity contribution in [1.29, 1.82) is 0 Å². The maximum Gasteiger partial charge on any atom is 0.274 e. The molecule has 0 atom stereocenters. The van der Waals surface area contributed by atoms with Gasteiger partial charge in [-0.3, -0.25) is 9.59 Å². The number of amides is 2. The van der Waals surface area contributed by atoms with Gasteiger partial charge in [0.05, 0.1) is 10.6 Å². The lowest BCUT2D eigenvalue weighted by Gasteiger charge is -2.20. The van der Waals surface area contributed by atoms with Crippen LogP contribution in [-0.2, 0) is 17.8 Å².